The van der Waals surface area contributed by atoms with Crippen LogP contribution in [0.2, 0.25) is 0 Å². The second kappa shape index (κ2) is 8.91. The summed E-state index contributed by atoms with van der Waals surface area (Å²) in [5.41, 5.74) is 8.42. The smallest absolute Gasteiger partial charge is 0.224 e. The first-order valence-electron chi connectivity index (χ1n) is 11.4. The lowest BCUT2D eigenvalue weighted by atomic mass is 10.0. The molecule has 33 heavy (non-hydrogen) atoms. The van der Waals surface area contributed by atoms with Crippen LogP contribution < -0.4 is 5.32 Å². The van der Waals surface area contributed by atoms with Gasteiger partial charge in [-0.25, -0.2) is 4.98 Å². The number of amides is 1. The number of hydrogen-bond acceptors (Lipinski definition) is 2. The van der Waals surface area contributed by atoms with Crippen LogP contribution in [0, 0.1) is 13.8 Å². The summed E-state index contributed by atoms with van der Waals surface area (Å²) >= 11 is 0. The summed E-state index contributed by atoms with van der Waals surface area (Å²) in [7, 11) is 0. The van der Waals surface area contributed by atoms with E-state index >= 15 is 0 Å². The third-order valence-corrected chi connectivity index (χ3v) is 6.00. The third-order valence-electron chi connectivity index (χ3n) is 6.00. The topological polar surface area (TPSA) is 57.8 Å². The molecule has 4 heteroatoms. The van der Waals surface area contributed by atoms with Gasteiger partial charge in [-0.2, -0.15) is 0 Å². The van der Waals surface area contributed by atoms with E-state index in [1.54, 1.807) is 0 Å². The van der Waals surface area contributed by atoms with Gasteiger partial charge in [-0.3, -0.25) is 4.79 Å². The molecule has 0 aliphatic heterocycles. The Morgan fingerprint density at radius 1 is 0.909 bits per heavy atom. The number of nitrogens with zero attached hydrogens (tertiary/aromatic N) is 1. The number of carbonyl (C=O) groups is 1. The number of benzene rings is 3. The predicted molar refractivity (Wildman–Crippen MR) is 137 cm³/mol. The highest BCUT2D eigenvalue weighted by molar-refractivity contribution is 5.92. The Balaban J connectivity index is 1.37. The molecule has 0 bridgehead atoms. The molecule has 0 unspecified atom stereocenters. The van der Waals surface area contributed by atoms with Crippen molar-refractivity contribution in [1.82, 2.24) is 9.97 Å². The lowest BCUT2D eigenvalue weighted by molar-refractivity contribution is -0.116. The molecule has 0 atom stereocenters. The third kappa shape index (κ3) is 4.51. The van der Waals surface area contributed by atoms with Gasteiger partial charge in [-0.15, -0.1) is 0 Å². The Bertz CT molecular complexity index is 1440. The summed E-state index contributed by atoms with van der Waals surface area (Å²) in [6.07, 6.45) is 2.03. The van der Waals surface area contributed by atoms with Crippen molar-refractivity contribution in [2.45, 2.75) is 33.1 Å². The van der Waals surface area contributed by atoms with Gasteiger partial charge in [0.1, 0.15) is 0 Å². The van der Waals surface area contributed by atoms with Crippen LogP contribution in [0.25, 0.3) is 33.2 Å². The van der Waals surface area contributed by atoms with Gasteiger partial charge in [-0.05, 0) is 73.7 Å². The Labute approximate surface area is 193 Å². The van der Waals surface area contributed by atoms with Crippen molar-refractivity contribution in [3.05, 3.63) is 95.6 Å². The zero-order valence-electron chi connectivity index (χ0n) is 19.0. The van der Waals surface area contributed by atoms with Crippen molar-refractivity contribution in [2.24, 2.45) is 0 Å². The zero-order valence-corrected chi connectivity index (χ0v) is 19.0. The molecule has 0 aliphatic rings. The van der Waals surface area contributed by atoms with Gasteiger partial charge in [0.25, 0.3) is 0 Å². The largest absolute Gasteiger partial charge is 0.353 e. The van der Waals surface area contributed by atoms with Crippen molar-refractivity contribution in [3.63, 3.8) is 0 Å². The lowest BCUT2D eigenvalue weighted by Gasteiger charge is -2.09. The van der Waals surface area contributed by atoms with E-state index in [-0.39, 0.29) is 5.91 Å². The number of aryl methyl sites for hydroxylation is 3. The van der Waals surface area contributed by atoms with Gasteiger partial charge in [-0.1, -0.05) is 48.5 Å². The Kier molecular flexibility index (Phi) is 5.66. The molecule has 1 amide bonds. The highest BCUT2D eigenvalue weighted by Gasteiger charge is 2.15. The first-order valence-corrected chi connectivity index (χ1v) is 11.4. The molecule has 2 aromatic heterocycles. The van der Waals surface area contributed by atoms with E-state index in [2.05, 4.69) is 52.8 Å². The van der Waals surface area contributed by atoms with Crippen LogP contribution in [0.15, 0.2) is 78.9 Å². The summed E-state index contributed by atoms with van der Waals surface area (Å²) in [6, 6.07) is 26.8. The van der Waals surface area contributed by atoms with Crippen LogP contribution in [0.3, 0.4) is 0 Å². The van der Waals surface area contributed by atoms with Crippen LogP contribution in [-0.4, -0.2) is 15.9 Å². The maximum Gasteiger partial charge on any atom is 0.224 e. The molecule has 0 radical (unpaired) electrons. The average Bonchev–Trinajstić information content (AvgIpc) is 3.17. The van der Waals surface area contributed by atoms with Crippen LogP contribution in [-0.2, 0) is 11.2 Å². The fourth-order valence-electron chi connectivity index (χ4n) is 4.58. The molecule has 0 spiro atoms. The molecular formula is C29H27N3O. The Hall–Kier alpha value is -3.92. The number of aromatic nitrogens is 2. The summed E-state index contributed by atoms with van der Waals surface area (Å²) in [4.78, 5) is 21.1. The van der Waals surface area contributed by atoms with Crippen LogP contribution in [0.1, 0.15) is 29.5 Å². The van der Waals surface area contributed by atoms with Gasteiger partial charge in [0, 0.05) is 28.4 Å². The fourth-order valence-corrected chi connectivity index (χ4v) is 4.58. The minimum atomic E-state index is 0.0465. The van der Waals surface area contributed by atoms with Gasteiger partial charge in [0.2, 0.25) is 5.91 Å². The number of para-hydroxylation sites is 2. The molecule has 0 aliphatic carbocycles. The van der Waals surface area contributed by atoms with Gasteiger partial charge in [0.05, 0.1) is 16.9 Å². The van der Waals surface area contributed by atoms with Crippen molar-refractivity contribution in [1.29, 1.82) is 0 Å². The number of anilines is 1. The molecule has 4 nitrogen and oxygen atoms in total. The van der Waals surface area contributed by atoms with E-state index in [0.29, 0.717) is 6.42 Å². The van der Waals surface area contributed by atoms with Gasteiger partial charge < -0.3 is 10.3 Å². The van der Waals surface area contributed by atoms with E-state index in [1.807, 2.05) is 50.2 Å². The van der Waals surface area contributed by atoms with E-state index in [0.717, 1.165) is 57.5 Å². The van der Waals surface area contributed by atoms with Crippen molar-refractivity contribution < 1.29 is 4.79 Å². The first kappa shape index (κ1) is 21.0. The normalized spacial score (nSPS) is 11.2. The molecule has 3 aromatic carbocycles. The van der Waals surface area contributed by atoms with Crippen LogP contribution in [0.5, 0.6) is 0 Å². The number of fused-ring (bicyclic) bond motifs is 2. The number of aromatic amines is 1. The molecule has 164 valence electrons. The van der Waals surface area contributed by atoms with E-state index < -0.39 is 0 Å². The minimum absolute atomic E-state index is 0.0465. The Morgan fingerprint density at radius 3 is 2.52 bits per heavy atom. The molecular weight excluding hydrogens is 406 g/mol. The quantitative estimate of drug-likeness (QED) is 0.304. The summed E-state index contributed by atoms with van der Waals surface area (Å²) < 4.78 is 0. The highest BCUT2D eigenvalue weighted by Crippen LogP contribution is 2.31. The van der Waals surface area contributed by atoms with Crippen molar-refractivity contribution in [3.8, 4) is 11.4 Å². The molecule has 2 heterocycles. The van der Waals surface area contributed by atoms with E-state index in [9.17, 15) is 4.79 Å². The average molecular weight is 434 g/mol. The van der Waals surface area contributed by atoms with Crippen LogP contribution in [0.4, 0.5) is 5.69 Å². The predicted octanol–water partition coefficient (Wildman–Crippen LogP) is 6.96. The highest BCUT2D eigenvalue weighted by atomic mass is 16.1. The van der Waals surface area contributed by atoms with Crippen molar-refractivity contribution in [2.75, 3.05) is 5.32 Å². The number of pyridine rings is 1. The maximum atomic E-state index is 12.6. The fraction of sp³-hybridized carbons (Fsp3) is 0.172. The summed E-state index contributed by atoms with van der Waals surface area (Å²) in [5.74, 6) is 0.0465. The second-order valence-electron chi connectivity index (χ2n) is 8.69. The monoisotopic (exact) mass is 433 g/mol. The lowest BCUT2D eigenvalue weighted by Crippen LogP contribution is -2.11. The molecule has 0 saturated heterocycles. The maximum absolute atomic E-state index is 12.6. The number of nitrogens with one attached hydrogen (secondary N) is 2. The number of carbonyl (C=O) groups excluding carboxylic acids is 1. The number of hydrogen-bond donors (Lipinski definition) is 2. The second-order valence-corrected chi connectivity index (χ2v) is 8.69. The molecule has 5 rings (SSSR count). The van der Waals surface area contributed by atoms with Gasteiger partial charge in [0.15, 0.2) is 0 Å². The molecule has 5 aromatic rings. The Morgan fingerprint density at radius 2 is 1.67 bits per heavy atom. The van der Waals surface area contributed by atoms with Gasteiger partial charge >= 0.3 is 0 Å². The SMILES string of the molecule is Cc1cc(C)cc(NC(=O)CCCc2c(-c3ccc4ccccc4n3)[nH]c3ccccc23)c1. The first-order chi connectivity index (χ1) is 16.1. The molecule has 2 N–H and O–H groups in total. The van der Waals surface area contributed by atoms with Crippen molar-refractivity contribution >= 4 is 33.4 Å². The zero-order chi connectivity index (χ0) is 22.8. The molecule has 0 fully saturated rings. The minimum Gasteiger partial charge on any atom is -0.353 e. The standard InChI is InChI=1S/C29H27N3O/c1-19-16-20(2)18-22(17-19)30-28(33)13-7-10-24-23-9-4-6-12-26(23)32-29(24)27-15-14-21-8-3-5-11-25(21)31-27/h3-6,8-9,11-12,14-18,32H,7,10,13H2,1-2H3,(H,30,33). The number of rotatable bonds is 6. The molecule has 0 saturated carbocycles. The summed E-state index contributed by atoms with van der Waals surface area (Å²) in [5, 5.41) is 5.37. The van der Waals surface area contributed by atoms with Crippen LogP contribution >= 0.6 is 0 Å². The van der Waals surface area contributed by atoms with E-state index in [4.69, 9.17) is 4.98 Å². The number of H-pyrrole nitrogens is 1. The van der Waals surface area contributed by atoms with E-state index in [1.165, 1.54) is 10.9 Å². The summed E-state index contributed by atoms with van der Waals surface area (Å²) in [6.45, 7) is 4.09.